The van der Waals surface area contributed by atoms with Gasteiger partial charge in [-0.15, -0.1) is 0 Å². The summed E-state index contributed by atoms with van der Waals surface area (Å²) in [6, 6.07) is 10.7. The Bertz CT molecular complexity index is 905. The van der Waals surface area contributed by atoms with Gasteiger partial charge in [0.2, 0.25) is 0 Å². The van der Waals surface area contributed by atoms with E-state index in [0.29, 0.717) is 29.8 Å². The monoisotopic (exact) mass is 353 g/mol. The number of carbonyl (C=O) groups is 1. The number of benzene rings is 1. The first-order valence-electron chi connectivity index (χ1n) is 8.13. The second-order valence-corrected chi connectivity index (χ2v) is 5.54. The average Bonchev–Trinajstić information content (AvgIpc) is 3.01. The molecule has 0 aliphatic rings. The molecule has 0 aliphatic heterocycles. The Balaban J connectivity index is 1.75. The summed E-state index contributed by atoms with van der Waals surface area (Å²) in [7, 11) is 0. The molecule has 0 saturated heterocycles. The van der Waals surface area contributed by atoms with Crippen LogP contribution < -0.4 is 15.4 Å². The summed E-state index contributed by atoms with van der Waals surface area (Å²) in [5, 5.41) is 9.54. The summed E-state index contributed by atoms with van der Waals surface area (Å²) in [6.45, 7) is 6.01. The zero-order valence-electron chi connectivity index (χ0n) is 14.7. The molecule has 0 fully saturated rings. The van der Waals surface area contributed by atoms with Gasteiger partial charge in [-0.05, 0) is 45.0 Å². The van der Waals surface area contributed by atoms with E-state index in [1.165, 1.54) is 0 Å². The fourth-order valence-electron chi connectivity index (χ4n) is 2.30. The highest BCUT2D eigenvalue weighted by Crippen LogP contribution is 2.20. The highest BCUT2D eigenvalue weighted by atomic mass is 16.5. The second kappa shape index (κ2) is 7.64. The van der Waals surface area contributed by atoms with E-state index in [0.717, 1.165) is 11.4 Å². The van der Waals surface area contributed by atoms with Gasteiger partial charge in [0, 0.05) is 17.8 Å². The highest BCUT2D eigenvalue weighted by Gasteiger charge is 2.13. The van der Waals surface area contributed by atoms with Crippen LogP contribution in [0.5, 0.6) is 5.75 Å². The lowest BCUT2D eigenvalue weighted by molar-refractivity contribution is 0.102. The first kappa shape index (κ1) is 17.4. The van der Waals surface area contributed by atoms with Gasteiger partial charge < -0.3 is 19.9 Å². The van der Waals surface area contributed by atoms with Crippen molar-refractivity contribution in [1.82, 2.24) is 15.1 Å². The molecule has 2 N–H and O–H groups in total. The minimum atomic E-state index is -0.390. The summed E-state index contributed by atoms with van der Waals surface area (Å²) >= 11 is 0. The Morgan fingerprint density at radius 3 is 2.54 bits per heavy atom. The highest BCUT2D eigenvalue weighted by molar-refractivity contribution is 6.02. The Kier molecular flexibility index (Phi) is 5.12. The topological polar surface area (TPSA) is 102 Å². The summed E-state index contributed by atoms with van der Waals surface area (Å²) < 4.78 is 10.4. The molecule has 134 valence electrons. The van der Waals surface area contributed by atoms with Gasteiger partial charge in [-0.2, -0.15) is 0 Å². The smallest absolute Gasteiger partial charge is 0.275 e. The third-order valence-corrected chi connectivity index (χ3v) is 3.38. The predicted octanol–water partition coefficient (Wildman–Crippen LogP) is 3.48. The van der Waals surface area contributed by atoms with Crippen LogP contribution in [0.4, 0.5) is 17.3 Å². The van der Waals surface area contributed by atoms with Gasteiger partial charge in [0.15, 0.2) is 5.82 Å². The van der Waals surface area contributed by atoms with E-state index < -0.39 is 5.91 Å². The molecular formula is C18H19N5O3. The quantitative estimate of drug-likeness (QED) is 0.699. The molecule has 1 amide bonds. The van der Waals surface area contributed by atoms with Crippen LogP contribution in [-0.2, 0) is 0 Å². The van der Waals surface area contributed by atoms with E-state index in [-0.39, 0.29) is 5.69 Å². The van der Waals surface area contributed by atoms with E-state index in [9.17, 15) is 4.79 Å². The minimum absolute atomic E-state index is 0.228. The van der Waals surface area contributed by atoms with Gasteiger partial charge in [0.25, 0.3) is 5.91 Å². The van der Waals surface area contributed by atoms with Crippen molar-refractivity contribution in [1.29, 1.82) is 0 Å². The number of nitrogens with one attached hydrogen (secondary N) is 2. The van der Waals surface area contributed by atoms with Crippen molar-refractivity contribution in [3.8, 4) is 5.75 Å². The number of hydrogen-bond donors (Lipinski definition) is 2. The Hall–Kier alpha value is -3.42. The van der Waals surface area contributed by atoms with E-state index in [2.05, 4.69) is 25.8 Å². The number of hydrogen-bond acceptors (Lipinski definition) is 7. The molecule has 0 saturated carbocycles. The number of rotatable bonds is 6. The Morgan fingerprint density at radius 1 is 1.12 bits per heavy atom. The molecule has 2 heterocycles. The fourth-order valence-corrected chi connectivity index (χ4v) is 2.30. The number of nitrogens with zero attached hydrogens (tertiary/aromatic N) is 3. The molecule has 2 aromatic heterocycles. The molecule has 0 spiro atoms. The van der Waals surface area contributed by atoms with Gasteiger partial charge >= 0.3 is 0 Å². The van der Waals surface area contributed by atoms with Crippen molar-refractivity contribution in [3.63, 3.8) is 0 Å². The maximum absolute atomic E-state index is 12.4. The molecule has 0 unspecified atom stereocenters. The maximum Gasteiger partial charge on any atom is 0.275 e. The number of ether oxygens (including phenoxy) is 1. The minimum Gasteiger partial charge on any atom is -0.494 e. The SMILES string of the molecule is CCOc1ccc(Nc2cc(C(=O)Nc3cc(C)on3)nc(C)n2)cc1. The summed E-state index contributed by atoms with van der Waals surface area (Å²) in [6.07, 6.45) is 0. The molecule has 0 aliphatic carbocycles. The van der Waals surface area contributed by atoms with Crippen LogP contribution in [0.1, 0.15) is 29.0 Å². The molecule has 0 bridgehead atoms. The first-order chi connectivity index (χ1) is 12.5. The van der Waals surface area contributed by atoms with Crippen molar-refractivity contribution in [3.05, 3.63) is 53.7 Å². The van der Waals surface area contributed by atoms with Crippen LogP contribution in [0.3, 0.4) is 0 Å². The zero-order valence-corrected chi connectivity index (χ0v) is 14.7. The van der Waals surface area contributed by atoms with Gasteiger partial charge in [-0.3, -0.25) is 4.79 Å². The number of aryl methyl sites for hydroxylation is 2. The Morgan fingerprint density at radius 2 is 1.88 bits per heavy atom. The summed E-state index contributed by atoms with van der Waals surface area (Å²) in [4.78, 5) is 20.9. The summed E-state index contributed by atoms with van der Waals surface area (Å²) in [5.41, 5.74) is 1.05. The molecule has 8 nitrogen and oxygen atoms in total. The van der Waals surface area contributed by atoms with Crippen LogP contribution in [0.15, 0.2) is 40.9 Å². The maximum atomic E-state index is 12.4. The zero-order chi connectivity index (χ0) is 18.5. The number of anilines is 3. The molecule has 0 atom stereocenters. The van der Waals surface area contributed by atoms with Crippen LogP contribution in [0.2, 0.25) is 0 Å². The van der Waals surface area contributed by atoms with E-state index >= 15 is 0 Å². The third-order valence-electron chi connectivity index (χ3n) is 3.38. The van der Waals surface area contributed by atoms with E-state index in [1.807, 2.05) is 31.2 Å². The molecule has 0 radical (unpaired) electrons. The van der Waals surface area contributed by atoms with Crippen LogP contribution in [0.25, 0.3) is 0 Å². The average molecular weight is 353 g/mol. The molecule has 26 heavy (non-hydrogen) atoms. The second-order valence-electron chi connectivity index (χ2n) is 5.54. The summed E-state index contributed by atoms with van der Waals surface area (Å²) in [5.74, 6) is 2.34. The normalized spacial score (nSPS) is 10.4. The molecule has 8 heteroatoms. The van der Waals surface area contributed by atoms with Crippen LogP contribution in [0, 0.1) is 13.8 Å². The predicted molar refractivity (Wildman–Crippen MR) is 96.9 cm³/mol. The van der Waals surface area contributed by atoms with Crippen LogP contribution >= 0.6 is 0 Å². The van der Waals surface area contributed by atoms with Crippen molar-refractivity contribution >= 4 is 23.2 Å². The van der Waals surface area contributed by atoms with Gasteiger partial charge in [0.05, 0.1) is 6.61 Å². The standard InChI is InChI=1S/C18H19N5O3/c1-4-25-14-7-5-13(6-8-14)21-16-10-15(19-12(3)20-16)18(24)22-17-9-11(2)26-23-17/h5-10H,4H2,1-3H3,(H,19,20,21)(H,22,23,24). The lowest BCUT2D eigenvalue weighted by atomic mass is 10.3. The van der Waals surface area contributed by atoms with Crippen molar-refractivity contribution in [2.75, 3.05) is 17.2 Å². The Labute approximate surface area is 150 Å². The number of aromatic nitrogens is 3. The molecule has 3 rings (SSSR count). The molecule has 3 aromatic rings. The van der Waals surface area contributed by atoms with Gasteiger partial charge in [-0.25, -0.2) is 9.97 Å². The van der Waals surface area contributed by atoms with Crippen molar-refractivity contribution < 1.29 is 14.1 Å². The molecule has 1 aromatic carbocycles. The lowest BCUT2D eigenvalue weighted by Gasteiger charge is -2.09. The van der Waals surface area contributed by atoms with Crippen LogP contribution in [-0.4, -0.2) is 27.6 Å². The van der Waals surface area contributed by atoms with Gasteiger partial charge in [0.1, 0.15) is 28.8 Å². The number of carbonyl (C=O) groups excluding carboxylic acids is 1. The number of amides is 1. The van der Waals surface area contributed by atoms with Crippen molar-refractivity contribution in [2.45, 2.75) is 20.8 Å². The van der Waals surface area contributed by atoms with Crippen molar-refractivity contribution in [2.24, 2.45) is 0 Å². The van der Waals surface area contributed by atoms with Gasteiger partial charge in [-0.1, -0.05) is 5.16 Å². The third kappa shape index (κ3) is 4.35. The lowest BCUT2D eigenvalue weighted by Crippen LogP contribution is -2.15. The van der Waals surface area contributed by atoms with E-state index in [4.69, 9.17) is 9.26 Å². The fraction of sp³-hybridized carbons (Fsp3) is 0.222. The molecular weight excluding hydrogens is 334 g/mol. The first-order valence-corrected chi connectivity index (χ1v) is 8.13. The van der Waals surface area contributed by atoms with E-state index in [1.54, 1.807) is 26.0 Å². The largest absolute Gasteiger partial charge is 0.494 e.